The predicted molar refractivity (Wildman–Crippen MR) is 109 cm³/mol. The number of amides is 1. The van der Waals surface area contributed by atoms with Gasteiger partial charge in [0.15, 0.2) is 5.65 Å². The molecular formula is C21H20ClN3O5. The van der Waals surface area contributed by atoms with Crippen LogP contribution in [-0.2, 0) is 14.9 Å². The van der Waals surface area contributed by atoms with Crippen molar-refractivity contribution in [3.8, 4) is 17.4 Å². The number of hydrogen-bond acceptors (Lipinski definition) is 7. The van der Waals surface area contributed by atoms with Gasteiger partial charge in [-0.2, -0.15) is 4.98 Å². The molecule has 1 aliphatic heterocycles. The Labute approximate surface area is 177 Å². The number of nitrogens with zero attached hydrogens (tertiary/aromatic N) is 2. The lowest BCUT2D eigenvalue weighted by molar-refractivity contribution is -0.139. The molecule has 0 aliphatic carbocycles. The highest BCUT2D eigenvalue weighted by Gasteiger charge is 2.43. The van der Waals surface area contributed by atoms with E-state index in [9.17, 15) is 10.0 Å². The molecule has 1 saturated heterocycles. The molecule has 0 saturated carbocycles. The number of hydroxylamine groups is 1. The molecule has 3 heterocycles. The highest BCUT2D eigenvalue weighted by molar-refractivity contribution is 6.32. The number of hydrogen-bond donors (Lipinski definition) is 2. The normalized spacial score (nSPS) is 15.6. The van der Waals surface area contributed by atoms with Gasteiger partial charge < -0.3 is 14.2 Å². The predicted octanol–water partition coefficient (Wildman–Crippen LogP) is 3.64. The number of pyridine rings is 2. The number of fused-ring (bicyclic) bond motifs is 1. The standard InChI is InChI=1S/C21H20ClN3O5/c1-28-18-5-3-14-17(6-9-23-19(14)24-18)30-13-2-4-15(16(22)12-13)21(20(26)25-27)7-10-29-11-8-21/h2-6,9,12,27H,7-8,10-11H2,1H3,(H,25,26). The van der Waals surface area contributed by atoms with E-state index in [1.54, 1.807) is 49.1 Å². The molecule has 1 amide bonds. The van der Waals surface area contributed by atoms with Crippen molar-refractivity contribution < 1.29 is 24.2 Å². The first-order valence-electron chi connectivity index (χ1n) is 9.37. The third-order valence-corrected chi connectivity index (χ3v) is 5.63. The molecule has 8 nitrogen and oxygen atoms in total. The van der Waals surface area contributed by atoms with E-state index in [0.717, 1.165) is 5.39 Å². The molecule has 0 unspecified atom stereocenters. The lowest BCUT2D eigenvalue weighted by Gasteiger charge is -2.36. The summed E-state index contributed by atoms with van der Waals surface area (Å²) in [5, 5.41) is 10.4. The third-order valence-electron chi connectivity index (χ3n) is 5.31. The molecule has 2 N–H and O–H groups in total. The maximum Gasteiger partial charge on any atom is 0.254 e. The van der Waals surface area contributed by atoms with Gasteiger partial charge in [0.25, 0.3) is 5.91 Å². The van der Waals surface area contributed by atoms with Gasteiger partial charge in [0.1, 0.15) is 11.5 Å². The number of aromatic nitrogens is 2. The fourth-order valence-electron chi connectivity index (χ4n) is 3.71. The number of rotatable bonds is 5. The molecular weight excluding hydrogens is 410 g/mol. The number of nitrogens with one attached hydrogen (secondary N) is 1. The Morgan fingerprint density at radius 3 is 2.73 bits per heavy atom. The van der Waals surface area contributed by atoms with Crippen LogP contribution < -0.4 is 15.0 Å². The van der Waals surface area contributed by atoms with Crippen LogP contribution in [0, 0.1) is 0 Å². The monoisotopic (exact) mass is 429 g/mol. The van der Waals surface area contributed by atoms with E-state index in [-0.39, 0.29) is 0 Å². The molecule has 0 radical (unpaired) electrons. The Bertz CT molecular complexity index is 1090. The van der Waals surface area contributed by atoms with Crippen molar-refractivity contribution in [2.75, 3.05) is 20.3 Å². The van der Waals surface area contributed by atoms with Crippen LogP contribution in [0.25, 0.3) is 11.0 Å². The summed E-state index contributed by atoms with van der Waals surface area (Å²) in [5.41, 5.74) is 1.94. The van der Waals surface area contributed by atoms with Crippen LogP contribution in [0.5, 0.6) is 17.4 Å². The van der Waals surface area contributed by atoms with Crippen LogP contribution in [0.15, 0.2) is 42.6 Å². The van der Waals surface area contributed by atoms with E-state index < -0.39 is 11.3 Å². The molecule has 1 aromatic carbocycles. The number of ether oxygens (including phenoxy) is 3. The summed E-state index contributed by atoms with van der Waals surface area (Å²) in [4.78, 5) is 21.0. The summed E-state index contributed by atoms with van der Waals surface area (Å²) < 4.78 is 16.6. The highest BCUT2D eigenvalue weighted by atomic mass is 35.5. The topological polar surface area (TPSA) is 103 Å². The van der Waals surface area contributed by atoms with Crippen LogP contribution in [0.3, 0.4) is 0 Å². The zero-order valence-electron chi connectivity index (χ0n) is 16.2. The highest BCUT2D eigenvalue weighted by Crippen LogP contribution is 2.41. The minimum atomic E-state index is -0.952. The van der Waals surface area contributed by atoms with Crippen LogP contribution in [0.4, 0.5) is 0 Å². The number of carbonyl (C=O) groups is 1. The minimum Gasteiger partial charge on any atom is -0.481 e. The first kappa shape index (κ1) is 20.3. The Kier molecular flexibility index (Phi) is 5.72. The van der Waals surface area contributed by atoms with Crippen molar-refractivity contribution in [2.45, 2.75) is 18.3 Å². The maximum absolute atomic E-state index is 12.5. The number of methoxy groups -OCH3 is 1. The minimum absolute atomic E-state index is 0.371. The van der Waals surface area contributed by atoms with Gasteiger partial charge in [-0.05, 0) is 42.7 Å². The summed E-state index contributed by atoms with van der Waals surface area (Å²) in [6.07, 6.45) is 2.44. The molecule has 0 spiro atoms. The van der Waals surface area contributed by atoms with E-state index >= 15 is 0 Å². The van der Waals surface area contributed by atoms with E-state index in [2.05, 4.69) is 9.97 Å². The summed E-state index contributed by atoms with van der Waals surface area (Å²) in [5.74, 6) is 1.02. The molecule has 0 bridgehead atoms. The van der Waals surface area contributed by atoms with E-state index in [0.29, 0.717) is 59.7 Å². The molecule has 2 aromatic heterocycles. The van der Waals surface area contributed by atoms with E-state index in [1.165, 1.54) is 0 Å². The zero-order chi connectivity index (χ0) is 21.1. The fraction of sp³-hybridized carbons (Fsp3) is 0.286. The van der Waals surface area contributed by atoms with Gasteiger partial charge in [-0.15, -0.1) is 0 Å². The molecule has 4 rings (SSSR count). The second-order valence-corrected chi connectivity index (χ2v) is 7.32. The van der Waals surface area contributed by atoms with Gasteiger partial charge in [0.05, 0.1) is 17.9 Å². The van der Waals surface area contributed by atoms with Crippen LogP contribution in [-0.4, -0.2) is 41.4 Å². The average Bonchev–Trinajstić information content (AvgIpc) is 2.78. The van der Waals surface area contributed by atoms with Crippen molar-refractivity contribution in [1.82, 2.24) is 15.4 Å². The van der Waals surface area contributed by atoms with E-state index in [4.69, 9.17) is 25.8 Å². The Morgan fingerprint density at radius 2 is 2.03 bits per heavy atom. The lowest BCUT2D eigenvalue weighted by atomic mass is 9.73. The van der Waals surface area contributed by atoms with Crippen molar-refractivity contribution in [1.29, 1.82) is 0 Å². The smallest absolute Gasteiger partial charge is 0.254 e. The first-order valence-corrected chi connectivity index (χ1v) is 9.75. The largest absolute Gasteiger partial charge is 0.481 e. The van der Waals surface area contributed by atoms with E-state index in [1.807, 2.05) is 6.07 Å². The molecule has 1 aliphatic rings. The summed E-state index contributed by atoms with van der Waals surface area (Å²) in [7, 11) is 1.54. The van der Waals surface area contributed by atoms with Crippen molar-refractivity contribution >= 4 is 28.5 Å². The number of benzene rings is 1. The fourth-order valence-corrected chi connectivity index (χ4v) is 4.06. The molecule has 1 fully saturated rings. The maximum atomic E-state index is 12.5. The first-order chi connectivity index (χ1) is 14.6. The van der Waals surface area contributed by atoms with Crippen LogP contribution in [0.2, 0.25) is 5.02 Å². The van der Waals surface area contributed by atoms with Crippen molar-refractivity contribution in [2.24, 2.45) is 0 Å². The average molecular weight is 430 g/mol. The second-order valence-electron chi connectivity index (χ2n) is 6.91. The summed E-state index contributed by atoms with van der Waals surface area (Å²) in [6, 6.07) is 10.4. The molecule has 156 valence electrons. The molecule has 30 heavy (non-hydrogen) atoms. The Hall–Kier alpha value is -2.94. The second kappa shape index (κ2) is 8.43. The van der Waals surface area contributed by atoms with Crippen molar-refractivity contribution in [3.63, 3.8) is 0 Å². The molecule has 3 aromatic rings. The van der Waals surface area contributed by atoms with Gasteiger partial charge in [-0.25, -0.2) is 10.5 Å². The van der Waals surface area contributed by atoms with Crippen LogP contribution >= 0.6 is 11.6 Å². The van der Waals surface area contributed by atoms with Gasteiger partial charge in [0, 0.05) is 30.5 Å². The summed E-state index contributed by atoms with van der Waals surface area (Å²) in [6.45, 7) is 0.808. The van der Waals surface area contributed by atoms with Gasteiger partial charge >= 0.3 is 0 Å². The quantitative estimate of drug-likeness (QED) is 0.471. The number of halogens is 1. The third kappa shape index (κ3) is 3.65. The number of carbonyl (C=O) groups excluding carboxylic acids is 1. The van der Waals surface area contributed by atoms with Crippen molar-refractivity contribution in [3.05, 3.63) is 53.2 Å². The Morgan fingerprint density at radius 1 is 1.23 bits per heavy atom. The zero-order valence-corrected chi connectivity index (χ0v) is 17.0. The molecule has 9 heteroatoms. The van der Waals surface area contributed by atoms with Gasteiger partial charge in [-0.3, -0.25) is 10.0 Å². The summed E-state index contributed by atoms with van der Waals surface area (Å²) >= 11 is 6.55. The lowest BCUT2D eigenvalue weighted by Crippen LogP contribution is -2.47. The Balaban J connectivity index is 1.67. The van der Waals surface area contributed by atoms with Gasteiger partial charge in [0.2, 0.25) is 5.88 Å². The molecule has 0 atom stereocenters. The van der Waals surface area contributed by atoms with Gasteiger partial charge in [-0.1, -0.05) is 17.7 Å². The SMILES string of the molecule is COc1ccc2c(Oc3ccc(C4(C(=O)NO)CCOCC4)c(Cl)c3)ccnc2n1. The van der Waals surface area contributed by atoms with Crippen LogP contribution in [0.1, 0.15) is 18.4 Å².